The molecule has 1 aliphatic rings. The minimum atomic E-state index is -3.42. The Morgan fingerprint density at radius 2 is 1.89 bits per heavy atom. The van der Waals surface area contributed by atoms with E-state index in [0.717, 1.165) is 19.3 Å². The molecular formula is C12H16ClNO3S. The summed E-state index contributed by atoms with van der Waals surface area (Å²) in [5.41, 5.74) is 0. The first-order chi connectivity index (χ1) is 8.55. The molecule has 0 aliphatic carbocycles. The summed E-state index contributed by atoms with van der Waals surface area (Å²) in [6.07, 6.45) is 2.93. The number of hydrogen-bond donors (Lipinski definition) is 0. The Kier molecular flexibility index (Phi) is 4.14. The lowest BCUT2D eigenvalue weighted by molar-refractivity contribution is 0.346. The highest BCUT2D eigenvalue weighted by molar-refractivity contribution is 7.89. The molecule has 18 heavy (non-hydrogen) atoms. The van der Waals surface area contributed by atoms with Gasteiger partial charge in [-0.25, -0.2) is 8.42 Å². The first kappa shape index (κ1) is 13.6. The van der Waals surface area contributed by atoms with Crippen LogP contribution in [0, 0.1) is 0 Å². The average Bonchev–Trinajstić information content (AvgIpc) is 2.40. The van der Waals surface area contributed by atoms with Crippen LogP contribution in [0.2, 0.25) is 5.02 Å². The fraction of sp³-hybridized carbons (Fsp3) is 0.500. The Hall–Kier alpha value is -0.780. The van der Waals surface area contributed by atoms with Gasteiger partial charge in [-0.1, -0.05) is 18.0 Å². The molecule has 1 heterocycles. The zero-order valence-electron chi connectivity index (χ0n) is 10.2. The van der Waals surface area contributed by atoms with Crippen molar-refractivity contribution in [2.45, 2.75) is 24.2 Å². The lowest BCUT2D eigenvalue weighted by Gasteiger charge is -2.26. The Labute approximate surface area is 113 Å². The topological polar surface area (TPSA) is 46.6 Å². The number of methoxy groups -OCH3 is 1. The summed E-state index contributed by atoms with van der Waals surface area (Å²) in [6.45, 7) is 1.18. The van der Waals surface area contributed by atoms with Crippen LogP contribution in [0.5, 0.6) is 5.75 Å². The molecule has 0 spiro atoms. The third-order valence-corrected chi connectivity index (χ3v) is 5.28. The second-order valence-corrected chi connectivity index (χ2v) is 6.61. The summed E-state index contributed by atoms with van der Waals surface area (Å²) < 4.78 is 31.4. The van der Waals surface area contributed by atoms with Crippen LogP contribution in [0.3, 0.4) is 0 Å². The molecule has 1 saturated heterocycles. The van der Waals surface area contributed by atoms with E-state index >= 15 is 0 Å². The van der Waals surface area contributed by atoms with Gasteiger partial charge in [-0.15, -0.1) is 0 Å². The van der Waals surface area contributed by atoms with E-state index in [9.17, 15) is 8.42 Å². The molecule has 1 aromatic rings. The van der Waals surface area contributed by atoms with Gasteiger partial charge in [0.05, 0.1) is 17.0 Å². The molecule has 6 heteroatoms. The van der Waals surface area contributed by atoms with Gasteiger partial charge in [-0.3, -0.25) is 0 Å². The van der Waals surface area contributed by atoms with E-state index in [4.69, 9.17) is 16.3 Å². The number of nitrogens with zero attached hydrogens (tertiary/aromatic N) is 1. The fourth-order valence-corrected chi connectivity index (χ4v) is 3.78. The molecule has 0 radical (unpaired) electrons. The van der Waals surface area contributed by atoms with Crippen molar-refractivity contribution in [3.05, 3.63) is 23.2 Å². The molecule has 0 amide bonds. The summed E-state index contributed by atoms with van der Waals surface area (Å²) >= 11 is 5.90. The van der Waals surface area contributed by atoms with Gasteiger partial charge in [0, 0.05) is 19.2 Å². The zero-order chi connectivity index (χ0) is 13.2. The van der Waals surface area contributed by atoms with Crippen LogP contribution >= 0.6 is 11.6 Å². The highest BCUT2D eigenvalue weighted by Gasteiger charge is 2.26. The van der Waals surface area contributed by atoms with Crippen molar-refractivity contribution in [1.82, 2.24) is 4.31 Å². The van der Waals surface area contributed by atoms with Crippen LogP contribution in [-0.2, 0) is 10.0 Å². The number of halogens is 1. The van der Waals surface area contributed by atoms with Crippen LogP contribution in [-0.4, -0.2) is 32.9 Å². The van der Waals surface area contributed by atoms with Gasteiger partial charge in [0.2, 0.25) is 10.0 Å². The second kappa shape index (κ2) is 5.47. The zero-order valence-corrected chi connectivity index (χ0v) is 11.8. The molecule has 0 N–H and O–H groups in total. The quantitative estimate of drug-likeness (QED) is 0.859. The van der Waals surface area contributed by atoms with Crippen LogP contribution in [0.1, 0.15) is 19.3 Å². The van der Waals surface area contributed by atoms with E-state index in [1.54, 1.807) is 6.07 Å². The molecule has 2 rings (SSSR count). The predicted octanol–water partition coefficient (Wildman–Crippen LogP) is 2.52. The van der Waals surface area contributed by atoms with Crippen molar-refractivity contribution in [1.29, 1.82) is 0 Å². The van der Waals surface area contributed by atoms with E-state index < -0.39 is 10.0 Å². The maximum atomic E-state index is 12.4. The Morgan fingerprint density at radius 1 is 1.22 bits per heavy atom. The third kappa shape index (κ3) is 2.63. The van der Waals surface area contributed by atoms with Crippen molar-refractivity contribution >= 4 is 21.6 Å². The lowest BCUT2D eigenvalue weighted by atomic mass is 10.2. The van der Waals surface area contributed by atoms with E-state index in [-0.39, 0.29) is 4.90 Å². The SMILES string of the molecule is COc1cc(S(=O)(=O)N2CCCCC2)ccc1Cl. The van der Waals surface area contributed by atoms with Crippen molar-refractivity contribution in [2.24, 2.45) is 0 Å². The van der Waals surface area contributed by atoms with Gasteiger partial charge in [0.1, 0.15) is 5.75 Å². The summed E-state index contributed by atoms with van der Waals surface area (Å²) in [5.74, 6) is 0.384. The lowest BCUT2D eigenvalue weighted by Crippen LogP contribution is -2.35. The smallest absolute Gasteiger partial charge is 0.243 e. The van der Waals surface area contributed by atoms with Crippen LogP contribution in [0.4, 0.5) is 0 Å². The first-order valence-electron chi connectivity index (χ1n) is 5.89. The molecule has 1 aromatic carbocycles. The third-order valence-electron chi connectivity index (χ3n) is 3.08. The monoisotopic (exact) mass is 289 g/mol. The van der Waals surface area contributed by atoms with Crippen LogP contribution < -0.4 is 4.74 Å². The summed E-state index contributed by atoms with van der Waals surface area (Å²) in [4.78, 5) is 0.241. The number of benzene rings is 1. The molecule has 1 aliphatic heterocycles. The highest BCUT2D eigenvalue weighted by Crippen LogP contribution is 2.29. The van der Waals surface area contributed by atoms with Gasteiger partial charge in [0.15, 0.2) is 0 Å². The van der Waals surface area contributed by atoms with E-state index in [2.05, 4.69) is 0 Å². The first-order valence-corrected chi connectivity index (χ1v) is 7.71. The number of piperidine rings is 1. The second-order valence-electron chi connectivity index (χ2n) is 4.26. The van der Waals surface area contributed by atoms with Crippen molar-refractivity contribution in [2.75, 3.05) is 20.2 Å². The maximum absolute atomic E-state index is 12.4. The minimum Gasteiger partial charge on any atom is -0.495 e. The standard InChI is InChI=1S/C12H16ClNO3S/c1-17-12-9-10(5-6-11(12)13)18(15,16)14-7-3-2-4-8-14/h5-6,9H,2-4,7-8H2,1H3. The molecule has 0 unspecified atom stereocenters. The number of ether oxygens (including phenoxy) is 1. The fourth-order valence-electron chi connectivity index (χ4n) is 2.05. The largest absolute Gasteiger partial charge is 0.495 e. The molecule has 1 fully saturated rings. The molecular weight excluding hydrogens is 274 g/mol. The summed E-state index contributed by atoms with van der Waals surface area (Å²) in [6, 6.07) is 4.55. The van der Waals surface area contributed by atoms with E-state index in [0.29, 0.717) is 23.9 Å². The molecule has 100 valence electrons. The molecule has 0 aromatic heterocycles. The molecule has 0 saturated carbocycles. The Morgan fingerprint density at radius 3 is 2.50 bits per heavy atom. The van der Waals surface area contributed by atoms with E-state index in [1.165, 1.54) is 23.5 Å². The Balaban J connectivity index is 2.34. The van der Waals surface area contributed by atoms with Crippen LogP contribution in [0.25, 0.3) is 0 Å². The Bertz CT molecular complexity index is 524. The van der Waals surface area contributed by atoms with Crippen LogP contribution in [0.15, 0.2) is 23.1 Å². The van der Waals surface area contributed by atoms with Gasteiger partial charge >= 0.3 is 0 Å². The molecule has 4 nitrogen and oxygen atoms in total. The highest BCUT2D eigenvalue weighted by atomic mass is 35.5. The minimum absolute atomic E-state index is 0.241. The summed E-state index contributed by atoms with van der Waals surface area (Å²) in [7, 11) is -1.95. The average molecular weight is 290 g/mol. The van der Waals surface area contributed by atoms with E-state index in [1.807, 2.05) is 0 Å². The molecule has 0 atom stereocenters. The van der Waals surface area contributed by atoms with Crippen molar-refractivity contribution in [3.8, 4) is 5.75 Å². The molecule has 0 bridgehead atoms. The number of rotatable bonds is 3. The predicted molar refractivity (Wildman–Crippen MR) is 70.6 cm³/mol. The van der Waals surface area contributed by atoms with Gasteiger partial charge < -0.3 is 4.74 Å². The normalized spacial score (nSPS) is 17.7. The van der Waals surface area contributed by atoms with Gasteiger partial charge in [-0.2, -0.15) is 4.31 Å². The van der Waals surface area contributed by atoms with Crippen molar-refractivity contribution < 1.29 is 13.2 Å². The van der Waals surface area contributed by atoms with Gasteiger partial charge in [-0.05, 0) is 25.0 Å². The maximum Gasteiger partial charge on any atom is 0.243 e. The van der Waals surface area contributed by atoms with Gasteiger partial charge in [0.25, 0.3) is 0 Å². The number of hydrogen-bond acceptors (Lipinski definition) is 3. The summed E-state index contributed by atoms with van der Waals surface area (Å²) in [5, 5.41) is 0.412. The van der Waals surface area contributed by atoms with Crippen molar-refractivity contribution in [3.63, 3.8) is 0 Å². The number of sulfonamides is 1.